The van der Waals surface area contributed by atoms with Crippen LogP contribution in [0.2, 0.25) is 0 Å². The second-order valence-electron chi connectivity index (χ2n) is 15.0. The van der Waals surface area contributed by atoms with Gasteiger partial charge in [-0.1, -0.05) is 164 Å². The number of nitrogens with zero attached hydrogens (tertiary/aromatic N) is 1. The molecular weight excluding hydrogens is 695 g/mol. The van der Waals surface area contributed by atoms with E-state index in [1.165, 1.54) is 86.7 Å². The molecule has 0 saturated heterocycles. The first-order valence-electron chi connectivity index (χ1n) is 19.3. The average molecular weight is 732 g/mol. The standard InChI is InChI=1S/C54H37NS/c1-54(39-18-3-2-4-19-39)47-26-9-7-22-45(47)53-48(54)27-14-28-49(53)55(40-33-31-37(32-34-40)43-24-12-16-36-15-5-6-21-42(36)43)41-20-11-17-38(35-41)44-25-13-30-51-52(44)46-23-8-10-29-50(46)56-51/h2-35H,1H3. The molecule has 1 aliphatic carbocycles. The van der Waals surface area contributed by atoms with Gasteiger partial charge in [0.05, 0.1) is 5.69 Å². The molecule has 1 aliphatic rings. The smallest absolute Gasteiger partial charge is 0.0543 e. The third-order valence-corrected chi connectivity index (χ3v) is 13.1. The molecule has 56 heavy (non-hydrogen) atoms. The Hall–Kier alpha value is -6.74. The second-order valence-corrected chi connectivity index (χ2v) is 16.1. The number of fused-ring (bicyclic) bond motifs is 7. The summed E-state index contributed by atoms with van der Waals surface area (Å²) in [5.41, 5.74) is 14.5. The normalized spacial score (nSPS) is 14.6. The fourth-order valence-corrected chi connectivity index (χ4v) is 10.4. The summed E-state index contributed by atoms with van der Waals surface area (Å²) >= 11 is 1.87. The Labute approximate surface area is 331 Å². The third-order valence-electron chi connectivity index (χ3n) is 12.0. The minimum atomic E-state index is -0.301. The molecule has 0 bridgehead atoms. The Bertz CT molecular complexity index is 3100. The van der Waals surface area contributed by atoms with Crippen LogP contribution in [0.1, 0.15) is 23.6 Å². The molecule has 2 heteroatoms. The molecule has 0 radical (unpaired) electrons. The second kappa shape index (κ2) is 12.9. The molecule has 10 aromatic rings. The maximum Gasteiger partial charge on any atom is 0.0543 e. The zero-order chi connectivity index (χ0) is 37.2. The fourth-order valence-electron chi connectivity index (χ4n) is 9.31. The molecule has 0 spiro atoms. The van der Waals surface area contributed by atoms with Crippen molar-refractivity contribution in [3.63, 3.8) is 0 Å². The van der Waals surface area contributed by atoms with E-state index in [2.05, 4.69) is 218 Å². The number of hydrogen-bond donors (Lipinski definition) is 0. The van der Waals surface area contributed by atoms with Gasteiger partial charge in [0.2, 0.25) is 0 Å². The summed E-state index contributed by atoms with van der Waals surface area (Å²) in [4.78, 5) is 2.48. The van der Waals surface area contributed by atoms with Crippen LogP contribution in [0.5, 0.6) is 0 Å². The SMILES string of the molecule is CC1(c2ccccc2)c2ccccc2-c2c(N(c3ccc(-c4cccc5ccccc45)cc3)c3cccc(-c4cccc5sc6ccccc6c45)c3)cccc21. The van der Waals surface area contributed by atoms with Gasteiger partial charge in [0.25, 0.3) is 0 Å². The zero-order valence-electron chi connectivity index (χ0n) is 31.0. The van der Waals surface area contributed by atoms with Crippen molar-refractivity contribution in [2.75, 3.05) is 4.90 Å². The van der Waals surface area contributed by atoms with Crippen LogP contribution in [0, 0.1) is 0 Å². The summed E-state index contributed by atoms with van der Waals surface area (Å²) in [6.45, 7) is 2.40. The van der Waals surface area contributed by atoms with E-state index in [9.17, 15) is 0 Å². The molecule has 264 valence electrons. The van der Waals surface area contributed by atoms with Crippen LogP contribution in [-0.4, -0.2) is 0 Å². The Balaban J connectivity index is 1.14. The first-order valence-corrected chi connectivity index (χ1v) is 20.2. The molecule has 0 amide bonds. The van der Waals surface area contributed by atoms with Gasteiger partial charge < -0.3 is 4.90 Å². The molecule has 1 atom stereocenters. The highest BCUT2D eigenvalue weighted by atomic mass is 32.1. The molecule has 0 N–H and O–H groups in total. The molecule has 11 rings (SSSR count). The molecule has 0 aliphatic heterocycles. The zero-order valence-corrected chi connectivity index (χ0v) is 31.8. The summed E-state index contributed by atoms with van der Waals surface area (Å²) in [6.07, 6.45) is 0. The van der Waals surface area contributed by atoms with E-state index in [0.29, 0.717) is 0 Å². The van der Waals surface area contributed by atoms with Gasteiger partial charge in [-0.25, -0.2) is 0 Å². The number of anilines is 3. The summed E-state index contributed by atoms with van der Waals surface area (Å²) < 4.78 is 2.63. The van der Waals surface area contributed by atoms with E-state index in [0.717, 1.165) is 11.4 Å². The van der Waals surface area contributed by atoms with Crippen molar-refractivity contribution in [1.82, 2.24) is 0 Å². The number of rotatable bonds is 6. The lowest BCUT2D eigenvalue weighted by Gasteiger charge is -2.31. The molecular formula is C54H37NS. The Kier molecular flexibility index (Phi) is 7.55. The van der Waals surface area contributed by atoms with E-state index >= 15 is 0 Å². The molecule has 1 nitrogen and oxygen atoms in total. The third kappa shape index (κ3) is 5.00. The number of thiophene rings is 1. The molecule has 9 aromatic carbocycles. The minimum Gasteiger partial charge on any atom is -0.310 e. The van der Waals surface area contributed by atoms with E-state index < -0.39 is 0 Å². The molecule has 1 aromatic heterocycles. The molecule has 1 heterocycles. The first kappa shape index (κ1) is 32.7. The summed E-state index contributed by atoms with van der Waals surface area (Å²) in [6, 6.07) is 76.0. The van der Waals surface area contributed by atoms with Gasteiger partial charge in [0, 0.05) is 42.5 Å². The predicted octanol–water partition coefficient (Wildman–Crippen LogP) is 15.3. The number of benzene rings is 9. The summed E-state index contributed by atoms with van der Waals surface area (Å²) in [7, 11) is 0. The van der Waals surface area contributed by atoms with Gasteiger partial charge in [0.15, 0.2) is 0 Å². The topological polar surface area (TPSA) is 3.24 Å². The highest BCUT2D eigenvalue weighted by Crippen LogP contribution is 2.57. The van der Waals surface area contributed by atoms with Crippen molar-refractivity contribution >= 4 is 59.3 Å². The predicted molar refractivity (Wildman–Crippen MR) is 240 cm³/mol. The van der Waals surface area contributed by atoms with Crippen LogP contribution in [0.3, 0.4) is 0 Å². The number of hydrogen-bond acceptors (Lipinski definition) is 2. The van der Waals surface area contributed by atoms with Crippen LogP contribution in [0.15, 0.2) is 206 Å². The van der Waals surface area contributed by atoms with Crippen molar-refractivity contribution in [3.05, 3.63) is 223 Å². The minimum absolute atomic E-state index is 0.301. The molecule has 0 fully saturated rings. The highest BCUT2D eigenvalue weighted by Gasteiger charge is 2.42. The van der Waals surface area contributed by atoms with Gasteiger partial charge in [-0.2, -0.15) is 0 Å². The molecule has 1 unspecified atom stereocenters. The van der Waals surface area contributed by atoms with Crippen LogP contribution in [-0.2, 0) is 5.41 Å². The van der Waals surface area contributed by atoms with E-state index in [-0.39, 0.29) is 5.41 Å². The lowest BCUT2D eigenvalue weighted by molar-refractivity contribution is 0.714. The van der Waals surface area contributed by atoms with Crippen molar-refractivity contribution in [1.29, 1.82) is 0 Å². The van der Waals surface area contributed by atoms with Gasteiger partial charge in [-0.15, -0.1) is 11.3 Å². The highest BCUT2D eigenvalue weighted by molar-refractivity contribution is 7.25. The Morgan fingerprint density at radius 3 is 1.96 bits per heavy atom. The maximum atomic E-state index is 2.48. The molecule has 0 saturated carbocycles. The first-order chi connectivity index (χ1) is 27.7. The van der Waals surface area contributed by atoms with Crippen LogP contribution >= 0.6 is 11.3 Å². The van der Waals surface area contributed by atoms with Crippen molar-refractivity contribution in [3.8, 4) is 33.4 Å². The van der Waals surface area contributed by atoms with E-state index in [4.69, 9.17) is 0 Å². The van der Waals surface area contributed by atoms with Gasteiger partial charge in [0.1, 0.15) is 0 Å². The quantitative estimate of drug-likeness (QED) is 0.165. The van der Waals surface area contributed by atoms with Gasteiger partial charge >= 0.3 is 0 Å². The van der Waals surface area contributed by atoms with Crippen molar-refractivity contribution in [2.45, 2.75) is 12.3 Å². The van der Waals surface area contributed by atoms with E-state index in [1.54, 1.807) is 0 Å². The van der Waals surface area contributed by atoms with Gasteiger partial charge in [-0.3, -0.25) is 0 Å². The maximum absolute atomic E-state index is 2.48. The lowest BCUT2D eigenvalue weighted by Crippen LogP contribution is -2.22. The van der Waals surface area contributed by atoms with Crippen molar-refractivity contribution < 1.29 is 0 Å². The van der Waals surface area contributed by atoms with Gasteiger partial charge in [-0.05, 0) is 105 Å². The summed E-state index contributed by atoms with van der Waals surface area (Å²) in [5, 5.41) is 5.15. The fraction of sp³-hybridized carbons (Fsp3) is 0.0370. The van der Waals surface area contributed by atoms with Crippen LogP contribution in [0.4, 0.5) is 17.1 Å². The van der Waals surface area contributed by atoms with Crippen molar-refractivity contribution in [2.24, 2.45) is 0 Å². The average Bonchev–Trinajstić information content (AvgIpc) is 3.78. The summed E-state index contributed by atoms with van der Waals surface area (Å²) in [5.74, 6) is 0. The van der Waals surface area contributed by atoms with Crippen LogP contribution in [0.25, 0.3) is 64.3 Å². The Morgan fingerprint density at radius 2 is 1.07 bits per heavy atom. The monoisotopic (exact) mass is 731 g/mol. The largest absolute Gasteiger partial charge is 0.310 e. The van der Waals surface area contributed by atoms with E-state index in [1.807, 2.05) is 11.3 Å². The van der Waals surface area contributed by atoms with Crippen LogP contribution < -0.4 is 4.90 Å². The Morgan fingerprint density at radius 1 is 0.429 bits per heavy atom. The lowest BCUT2D eigenvalue weighted by atomic mass is 9.74.